The molecule has 4 aliphatic heterocycles. The second kappa shape index (κ2) is 13.4. The van der Waals surface area contributed by atoms with Crippen LogP contribution in [0.25, 0.3) is 0 Å². The van der Waals surface area contributed by atoms with Gasteiger partial charge in [0.1, 0.15) is 5.82 Å². The lowest BCUT2D eigenvalue weighted by Gasteiger charge is -2.53. The molecule has 13 heteroatoms. The van der Waals surface area contributed by atoms with E-state index in [4.69, 9.17) is 5.26 Å². The second-order valence-corrected chi connectivity index (χ2v) is 12.5. The van der Waals surface area contributed by atoms with Crippen LogP contribution in [0.4, 0.5) is 35.2 Å². The second-order valence-electron chi connectivity index (χ2n) is 12.5. The van der Waals surface area contributed by atoms with Crippen LogP contribution in [0, 0.1) is 22.7 Å². The van der Waals surface area contributed by atoms with Crippen LogP contribution < -0.4 is 20.4 Å². The van der Waals surface area contributed by atoms with Crippen molar-refractivity contribution in [2.24, 2.45) is 11.3 Å². The van der Waals surface area contributed by atoms with Gasteiger partial charge < -0.3 is 30.2 Å². The van der Waals surface area contributed by atoms with Crippen LogP contribution in [-0.2, 0) is 6.18 Å². The number of aromatic nitrogens is 1. The summed E-state index contributed by atoms with van der Waals surface area (Å²) in [7, 11) is 0. The molecule has 5 heterocycles. The van der Waals surface area contributed by atoms with E-state index in [2.05, 4.69) is 25.4 Å². The summed E-state index contributed by atoms with van der Waals surface area (Å²) in [5.74, 6) is 1.65. The molecule has 4 fully saturated rings. The maximum absolute atomic E-state index is 13.4. The number of carbonyl (C=O) groups excluding carboxylic acids is 1. The lowest BCUT2D eigenvalue weighted by atomic mass is 9.72. The Hall–Kier alpha value is -3.27. The molecule has 0 bridgehead atoms. The largest absolute Gasteiger partial charge is 0.417 e. The van der Waals surface area contributed by atoms with E-state index in [9.17, 15) is 18.0 Å². The fourth-order valence-electron chi connectivity index (χ4n) is 7.09. The molecule has 0 radical (unpaired) electrons. The summed E-state index contributed by atoms with van der Waals surface area (Å²) in [5, 5.41) is 15.4. The van der Waals surface area contributed by atoms with Crippen molar-refractivity contribution in [3.05, 3.63) is 47.7 Å². The van der Waals surface area contributed by atoms with Crippen LogP contribution in [-0.4, -0.2) is 92.8 Å². The third kappa shape index (κ3) is 7.16. The summed E-state index contributed by atoms with van der Waals surface area (Å²) in [4.78, 5) is 25.9. The Labute approximate surface area is 262 Å². The zero-order valence-electron chi connectivity index (χ0n) is 24.8. The predicted octanol–water partition coefficient (Wildman–Crippen LogP) is 4.65. The quantitative estimate of drug-likeness (QED) is 0.496. The first-order chi connectivity index (χ1) is 20.7. The van der Waals surface area contributed by atoms with Gasteiger partial charge in [-0.2, -0.15) is 18.4 Å². The third-order valence-electron chi connectivity index (χ3n) is 9.60. The zero-order chi connectivity index (χ0) is 30.0. The Kier molecular flexibility index (Phi) is 9.77. The number of piperidine rings is 2. The zero-order valence-corrected chi connectivity index (χ0v) is 25.6. The number of nitriles is 1. The monoisotopic (exact) mass is 632 g/mol. The predicted molar refractivity (Wildman–Crippen MR) is 166 cm³/mol. The van der Waals surface area contributed by atoms with E-state index >= 15 is 0 Å². The fraction of sp³-hybridized carbons (Fsp3) is 0.581. The van der Waals surface area contributed by atoms with Gasteiger partial charge >= 0.3 is 12.2 Å². The molecule has 238 valence electrons. The number of pyridine rings is 1. The van der Waals surface area contributed by atoms with Gasteiger partial charge in [-0.1, -0.05) is 0 Å². The number of alkyl halides is 3. The van der Waals surface area contributed by atoms with Crippen LogP contribution in [0.5, 0.6) is 0 Å². The molecule has 1 aromatic carbocycles. The van der Waals surface area contributed by atoms with E-state index in [1.807, 2.05) is 12.1 Å². The maximum atomic E-state index is 13.4. The molecule has 2 N–H and O–H groups in total. The summed E-state index contributed by atoms with van der Waals surface area (Å²) in [6, 6.07) is 8.91. The molecule has 9 nitrogen and oxygen atoms in total. The number of nitrogens with one attached hydrogen (secondary N) is 2. The first-order valence-electron chi connectivity index (χ1n) is 15.3. The van der Waals surface area contributed by atoms with Crippen molar-refractivity contribution < 1.29 is 18.0 Å². The van der Waals surface area contributed by atoms with Crippen molar-refractivity contribution in [2.45, 2.75) is 31.9 Å². The molecule has 4 saturated heterocycles. The molecule has 1 aromatic heterocycles. The number of urea groups is 1. The topological polar surface area (TPSA) is 90.8 Å². The lowest BCUT2D eigenvalue weighted by Crippen LogP contribution is -2.60. The average Bonchev–Trinajstić information content (AvgIpc) is 3.01. The number of nitrogens with zero attached hydrogens (tertiary/aromatic N) is 6. The van der Waals surface area contributed by atoms with E-state index in [1.165, 1.54) is 44.6 Å². The molecule has 0 unspecified atom stereocenters. The summed E-state index contributed by atoms with van der Waals surface area (Å²) in [6.45, 7) is 9.54. The average molecular weight is 633 g/mol. The van der Waals surface area contributed by atoms with Gasteiger partial charge in [0.15, 0.2) is 0 Å². The van der Waals surface area contributed by atoms with E-state index in [0.717, 1.165) is 56.8 Å². The number of anilines is 3. The number of hydrogen-bond donors (Lipinski definition) is 2. The smallest absolute Gasteiger partial charge is 0.368 e. The number of piperazine rings is 1. The summed E-state index contributed by atoms with van der Waals surface area (Å²) >= 11 is 0. The Morgan fingerprint density at radius 2 is 1.73 bits per heavy atom. The third-order valence-corrected chi connectivity index (χ3v) is 9.60. The van der Waals surface area contributed by atoms with Crippen molar-refractivity contribution in [1.29, 1.82) is 5.26 Å². The minimum atomic E-state index is -4.60. The molecule has 44 heavy (non-hydrogen) atoms. The highest BCUT2D eigenvalue weighted by molar-refractivity contribution is 5.89. The molecule has 2 amide bonds. The van der Waals surface area contributed by atoms with Crippen LogP contribution in [0.3, 0.4) is 0 Å². The van der Waals surface area contributed by atoms with E-state index in [1.54, 1.807) is 22.1 Å². The summed E-state index contributed by atoms with van der Waals surface area (Å²) in [6.07, 6.45) is 2.04. The molecule has 4 aliphatic rings. The lowest BCUT2D eigenvalue weighted by molar-refractivity contribution is -0.137. The van der Waals surface area contributed by atoms with Crippen molar-refractivity contribution in [1.82, 2.24) is 20.1 Å². The van der Waals surface area contributed by atoms with Crippen molar-refractivity contribution in [3.63, 3.8) is 0 Å². The highest BCUT2D eigenvalue weighted by atomic mass is 35.5. The van der Waals surface area contributed by atoms with Crippen molar-refractivity contribution in [3.8, 4) is 6.07 Å². The van der Waals surface area contributed by atoms with Gasteiger partial charge in [0, 0.05) is 64.6 Å². The maximum Gasteiger partial charge on any atom is 0.417 e. The number of carbonyl (C=O) groups is 1. The van der Waals surface area contributed by atoms with E-state index in [-0.39, 0.29) is 18.4 Å². The van der Waals surface area contributed by atoms with Gasteiger partial charge in [-0.05, 0) is 80.4 Å². The molecule has 0 atom stereocenters. The molecule has 1 spiro atoms. The van der Waals surface area contributed by atoms with Crippen molar-refractivity contribution >= 4 is 35.6 Å². The number of amides is 2. The molecule has 2 aromatic rings. The Morgan fingerprint density at radius 3 is 2.34 bits per heavy atom. The van der Waals surface area contributed by atoms with Crippen molar-refractivity contribution in [2.75, 3.05) is 87.1 Å². The minimum absolute atomic E-state index is 0. The number of benzene rings is 1. The number of hydrogen-bond acceptors (Lipinski definition) is 7. The van der Waals surface area contributed by atoms with E-state index in [0.29, 0.717) is 43.0 Å². The highest BCUT2D eigenvalue weighted by Gasteiger charge is 2.43. The standard InChI is InChI=1S/C31H39F3N8O.ClH/c32-31(33,34)27-17-26(3-1-24(27)18-35)40-13-15-42(16-14-40)29(43)38-25-2-4-28(37-19-25)41-11-5-23(6-12-41)20-39-21-30(22-39)7-9-36-10-8-30;/h1-4,17,19,23,36H,5-16,20-22H2,(H,38,43);1H. The van der Waals surface area contributed by atoms with Crippen LogP contribution in [0.2, 0.25) is 0 Å². The number of likely N-dealkylation sites (tertiary alicyclic amines) is 1. The summed E-state index contributed by atoms with van der Waals surface area (Å²) in [5.41, 5.74) is 0.243. The normalized spacial score (nSPS) is 20.9. The Balaban J connectivity index is 0.00000384. The number of halogens is 4. The fourth-order valence-corrected chi connectivity index (χ4v) is 7.09. The minimum Gasteiger partial charge on any atom is -0.368 e. The van der Waals surface area contributed by atoms with E-state index < -0.39 is 17.3 Å². The Morgan fingerprint density at radius 1 is 1.02 bits per heavy atom. The molecular weight excluding hydrogens is 593 g/mol. The van der Waals surface area contributed by atoms with Crippen LogP contribution in [0.15, 0.2) is 36.5 Å². The van der Waals surface area contributed by atoms with Gasteiger partial charge in [-0.3, -0.25) is 0 Å². The van der Waals surface area contributed by atoms with Gasteiger partial charge in [0.2, 0.25) is 0 Å². The highest BCUT2D eigenvalue weighted by Crippen LogP contribution is 2.39. The van der Waals surface area contributed by atoms with Gasteiger partial charge in [0.05, 0.1) is 29.1 Å². The first-order valence-corrected chi connectivity index (χ1v) is 15.3. The molecule has 0 saturated carbocycles. The van der Waals surface area contributed by atoms with Gasteiger partial charge in [-0.15, -0.1) is 12.4 Å². The Bertz CT molecular complexity index is 1320. The molecule has 6 rings (SSSR count). The summed E-state index contributed by atoms with van der Waals surface area (Å²) < 4.78 is 40.1. The van der Waals surface area contributed by atoms with Gasteiger partial charge in [-0.25, -0.2) is 9.78 Å². The van der Waals surface area contributed by atoms with Crippen LogP contribution >= 0.6 is 12.4 Å². The SMILES string of the molecule is Cl.N#Cc1ccc(N2CCN(C(=O)Nc3ccc(N4CCC(CN5CC6(CCNCC6)C5)CC4)nc3)CC2)cc1C(F)(F)F. The first kappa shape index (κ1) is 32.1. The number of rotatable bonds is 5. The molecule has 0 aliphatic carbocycles. The van der Waals surface area contributed by atoms with Gasteiger partial charge in [0.25, 0.3) is 0 Å². The molecular formula is C31H40ClF3N8O. The van der Waals surface area contributed by atoms with Crippen LogP contribution in [0.1, 0.15) is 36.8 Å².